The lowest BCUT2D eigenvalue weighted by atomic mass is 10.2. The lowest BCUT2D eigenvalue weighted by Crippen LogP contribution is -2.15. The van der Waals surface area contributed by atoms with Gasteiger partial charge in [-0.1, -0.05) is 12.1 Å². The van der Waals surface area contributed by atoms with Gasteiger partial charge in [-0.2, -0.15) is 0 Å². The molecule has 0 saturated carbocycles. The molecule has 0 fully saturated rings. The van der Waals surface area contributed by atoms with Crippen molar-refractivity contribution in [2.24, 2.45) is 0 Å². The minimum atomic E-state index is -4.09. The van der Waals surface area contributed by atoms with Crippen LogP contribution in [-0.2, 0) is 10.0 Å². The summed E-state index contributed by atoms with van der Waals surface area (Å²) in [6, 6.07) is 8.75. The van der Waals surface area contributed by atoms with E-state index in [9.17, 15) is 23.3 Å². The third-order valence-electron chi connectivity index (χ3n) is 3.03. The minimum Gasteiger partial charge on any atom is -0.478 e. The molecule has 2 N–H and O–H groups in total. The molecular formula is C14H12N2O6S. The van der Waals surface area contributed by atoms with E-state index in [1.165, 1.54) is 37.3 Å². The predicted molar refractivity (Wildman–Crippen MR) is 82.0 cm³/mol. The van der Waals surface area contributed by atoms with Crippen molar-refractivity contribution in [3.8, 4) is 0 Å². The first-order valence-corrected chi connectivity index (χ1v) is 7.80. The maximum absolute atomic E-state index is 12.4. The standard InChI is InChI=1S/C14H12N2O6S/c1-9-5-6-12(16(19)20)8-13(9)23(21,22)15-11-4-2-3-10(7-11)14(17)18/h2-8,15H,1H3,(H,17,18). The molecule has 120 valence electrons. The van der Waals surface area contributed by atoms with Crippen LogP contribution in [-0.4, -0.2) is 24.4 Å². The van der Waals surface area contributed by atoms with Gasteiger partial charge in [0.2, 0.25) is 0 Å². The summed E-state index contributed by atoms with van der Waals surface area (Å²) in [5, 5.41) is 19.7. The molecule has 8 nitrogen and oxygen atoms in total. The highest BCUT2D eigenvalue weighted by Crippen LogP contribution is 2.24. The summed E-state index contributed by atoms with van der Waals surface area (Å²) < 4.78 is 27.0. The van der Waals surface area contributed by atoms with Gasteiger partial charge in [-0.25, -0.2) is 13.2 Å². The van der Waals surface area contributed by atoms with Gasteiger partial charge in [0, 0.05) is 17.8 Å². The number of benzene rings is 2. The topological polar surface area (TPSA) is 127 Å². The number of nitro groups is 1. The van der Waals surface area contributed by atoms with Gasteiger partial charge in [-0.15, -0.1) is 0 Å². The van der Waals surface area contributed by atoms with Gasteiger partial charge in [0.15, 0.2) is 0 Å². The van der Waals surface area contributed by atoms with Crippen LogP contribution in [0.5, 0.6) is 0 Å². The number of sulfonamides is 1. The van der Waals surface area contributed by atoms with Crippen LogP contribution >= 0.6 is 0 Å². The normalized spacial score (nSPS) is 11.0. The molecule has 0 saturated heterocycles. The number of aromatic carboxylic acids is 1. The third kappa shape index (κ3) is 3.64. The Balaban J connectivity index is 2.43. The zero-order valence-corrected chi connectivity index (χ0v) is 12.7. The van der Waals surface area contributed by atoms with Gasteiger partial charge in [0.1, 0.15) is 0 Å². The van der Waals surface area contributed by atoms with Crippen LogP contribution in [0.2, 0.25) is 0 Å². The van der Waals surface area contributed by atoms with Crippen molar-refractivity contribution in [3.63, 3.8) is 0 Å². The second kappa shape index (κ2) is 6.05. The highest BCUT2D eigenvalue weighted by molar-refractivity contribution is 7.92. The maximum Gasteiger partial charge on any atom is 0.335 e. The van der Waals surface area contributed by atoms with Crippen LogP contribution in [0.15, 0.2) is 47.4 Å². The number of rotatable bonds is 5. The summed E-state index contributed by atoms with van der Waals surface area (Å²) in [5.41, 5.74) is -0.0514. The summed E-state index contributed by atoms with van der Waals surface area (Å²) >= 11 is 0. The first-order valence-electron chi connectivity index (χ1n) is 6.32. The fourth-order valence-electron chi connectivity index (χ4n) is 1.92. The average Bonchev–Trinajstić information content (AvgIpc) is 2.47. The summed E-state index contributed by atoms with van der Waals surface area (Å²) in [6.07, 6.45) is 0. The second-order valence-electron chi connectivity index (χ2n) is 4.70. The first kappa shape index (κ1) is 16.4. The molecule has 2 aromatic carbocycles. The summed E-state index contributed by atoms with van der Waals surface area (Å²) in [5.74, 6) is -1.20. The highest BCUT2D eigenvalue weighted by Gasteiger charge is 2.21. The number of hydrogen-bond acceptors (Lipinski definition) is 5. The number of nitrogens with zero attached hydrogens (tertiary/aromatic N) is 1. The van der Waals surface area contributed by atoms with Crippen molar-refractivity contribution in [2.45, 2.75) is 11.8 Å². The molecule has 0 aromatic heterocycles. The highest BCUT2D eigenvalue weighted by atomic mass is 32.2. The smallest absolute Gasteiger partial charge is 0.335 e. The molecule has 0 unspecified atom stereocenters. The Morgan fingerprint density at radius 1 is 1.22 bits per heavy atom. The number of hydrogen-bond donors (Lipinski definition) is 2. The quantitative estimate of drug-likeness (QED) is 0.637. The average molecular weight is 336 g/mol. The Morgan fingerprint density at radius 2 is 1.91 bits per heavy atom. The maximum atomic E-state index is 12.4. The van der Waals surface area contributed by atoms with Crippen molar-refractivity contribution in [1.82, 2.24) is 0 Å². The van der Waals surface area contributed by atoms with E-state index in [2.05, 4.69) is 4.72 Å². The molecular weight excluding hydrogens is 324 g/mol. The monoisotopic (exact) mass is 336 g/mol. The molecule has 0 heterocycles. The molecule has 0 bridgehead atoms. The number of nitrogens with one attached hydrogen (secondary N) is 1. The van der Waals surface area contributed by atoms with Gasteiger partial charge in [-0.3, -0.25) is 14.8 Å². The number of carboxylic acids is 1. The number of aryl methyl sites for hydroxylation is 1. The fourth-order valence-corrected chi connectivity index (χ4v) is 3.23. The first-order chi connectivity index (χ1) is 10.7. The van der Waals surface area contributed by atoms with Crippen LogP contribution in [0.4, 0.5) is 11.4 Å². The zero-order valence-electron chi connectivity index (χ0n) is 11.9. The molecule has 0 aliphatic rings. The molecule has 0 amide bonds. The van der Waals surface area contributed by atoms with Gasteiger partial charge < -0.3 is 5.11 Å². The lowest BCUT2D eigenvalue weighted by molar-refractivity contribution is -0.385. The molecule has 9 heteroatoms. The molecule has 0 atom stereocenters. The van der Waals surface area contributed by atoms with Crippen molar-refractivity contribution in [2.75, 3.05) is 4.72 Å². The van der Waals surface area contributed by atoms with Gasteiger partial charge >= 0.3 is 5.97 Å². The molecule has 0 aliphatic carbocycles. The Bertz CT molecular complexity index is 892. The number of nitro benzene ring substituents is 1. The van der Waals surface area contributed by atoms with Crippen LogP contribution < -0.4 is 4.72 Å². The predicted octanol–water partition coefficient (Wildman–Crippen LogP) is 2.40. The molecule has 2 rings (SSSR count). The van der Waals surface area contributed by atoms with E-state index in [1.807, 2.05) is 0 Å². The molecule has 0 aliphatic heterocycles. The van der Waals surface area contributed by atoms with Gasteiger partial charge in [0.25, 0.3) is 15.7 Å². The number of anilines is 1. The number of carboxylic acid groups (broad SMARTS) is 1. The van der Waals surface area contributed by atoms with Crippen LogP contribution in [0.25, 0.3) is 0 Å². The van der Waals surface area contributed by atoms with E-state index in [0.29, 0.717) is 5.56 Å². The molecule has 2 aromatic rings. The van der Waals surface area contributed by atoms with Gasteiger partial charge in [-0.05, 0) is 30.7 Å². The fraction of sp³-hybridized carbons (Fsp3) is 0.0714. The van der Waals surface area contributed by atoms with E-state index in [0.717, 1.165) is 12.1 Å². The van der Waals surface area contributed by atoms with Crippen molar-refractivity contribution in [3.05, 3.63) is 63.7 Å². The van der Waals surface area contributed by atoms with E-state index >= 15 is 0 Å². The summed E-state index contributed by atoms with van der Waals surface area (Å²) in [4.78, 5) is 20.8. The van der Waals surface area contributed by atoms with Crippen LogP contribution in [0.1, 0.15) is 15.9 Å². The number of non-ortho nitro benzene ring substituents is 1. The number of carbonyl (C=O) groups is 1. The summed E-state index contributed by atoms with van der Waals surface area (Å²) in [7, 11) is -4.09. The Morgan fingerprint density at radius 3 is 2.52 bits per heavy atom. The van der Waals surface area contributed by atoms with E-state index < -0.39 is 20.9 Å². The zero-order chi connectivity index (χ0) is 17.2. The Kier molecular flexibility index (Phi) is 4.32. The van der Waals surface area contributed by atoms with Gasteiger partial charge in [0.05, 0.1) is 15.4 Å². The van der Waals surface area contributed by atoms with Crippen LogP contribution in [0.3, 0.4) is 0 Å². The summed E-state index contributed by atoms with van der Waals surface area (Å²) in [6.45, 7) is 1.51. The Hall–Kier alpha value is -2.94. The molecule has 0 radical (unpaired) electrons. The second-order valence-corrected chi connectivity index (χ2v) is 6.35. The van der Waals surface area contributed by atoms with E-state index in [4.69, 9.17) is 5.11 Å². The Labute approximate surface area is 131 Å². The van der Waals surface area contributed by atoms with Crippen molar-refractivity contribution < 1.29 is 23.2 Å². The largest absolute Gasteiger partial charge is 0.478 e. The SMILES string of the molecule is Cc1ccc([N+](=O)[O-])cc1S(=O)(=O)Nc1cccc(C(=O)O)c1. The minimum absolute atomic E-state index is 0.0517. The van der Waals surface area contributed by atoms with E-state index in [-0.39, 0.29) is 21.8 Å². The van der Waals surface area contributed by atoms with Crippen molar-refractivity contribution in [1.29, 1.82) is 0 Å². The molecule has 23 heavy (non-hydrogen) atoms. The third-order valence-corrected chi connectivity index (χ3v) is 4.56. The van der Waals surface area contributed by atoms with Crippen molar-refractivity contribution >= 4 is 27.4 Å². The lowest BCUT2D eigenvalue weighted by Gasteiger charge is -2.10. The van der Waals surface area contributed by atoms with E-state index in [1.54, 1.807) is 0 Å². The molecule has 0 spiro atoms. The van der Waals surface area contributed by atoms with Crippen LogP contribution in [0, 0.1) is 17.0 Å².